The van der Waals surface area contributed by atoms with Gasteiger partial charge in [0.2, 0.25) is 0 Å². The molecule has 4 heteroatoms. The smallest absolute Gasteiger partial charge is 0.0795 e. The molecule has 0 aliphatic rings. The summed E-state index contributed by atoms with van der Waals surface area (Å²) in [6.45, 7) is 1.99. The number of thiazole rings is 1. The van der Waals surface area contributed by atoms with Gasteiger partial charge in [0.05, 0.1) is 22.8 Å². The standard InChI is InChI=1S/C14H13N3S/c1-9-2-3-10-6-11(4-5-12(10)17-9)14(15)13-7-18-8-16-13/h2-8,14H,15H2,1H3. The molecule has 2 aromatic heterocycles. The molecule has 18 heavy (non-hydrogen) atoms. The van der Waals surface area contributed by atoms with E-state index in [2.05, 4.69) is 22.1 Å². The summed E-state index contributed by atoms with van der Waals surface area (Å²) in [5.41, 5.74) is 12.0. The minimum atomic E-state index is -0.165. The third-order valence-electron chi connectivity index (χ3n) is 2.98. The molecule has 2 N–H and O–H groups in total. The SMILES string of the molecule is Cc1ccc2cc(C(N)c3cscn3)ccc2n1. The van der Waals surface area contributed by atoms with E-state index in [1.807, 2.05) is 30.5 Å². The molecule has 0 aliphatic carbocycles. The van der Waals surface area contributed by atoms with Crippen LogP contribution in [0.15, 0.2) is 41.2 Å². The van der Waals surface area contributed by atoms with Crippen molar-refractivity contribution in [2.45, 2.75) is 13.0 Å². The van der Waals surface area contributed by atoms with Gasteiger partial charge in [0.1, 0.15) is 0 Å². The molecule has 3 nitrogen and oxygen atoms in total. The molecule has 0 saturated heterocycles. The number of rotatable bonds is 2. The van der Waals surface area contributed by atoms with Crippen molar-refractivity contribution in [3.05, 3.63) is 58.2 Å². The zero-order chi connectivity index (χ0) is 12.5. The lowest BCUT2D eigenvalue weighted by atomic mass is 10.0. The van der Waals surface area contributed by atoms with E-state index in [1.165, 1.54) is 0 Å². The Hall–Kier alpha value is -1.78. The minimum Gasteiger partial charge on any atom is -0.319 e. The van der Waals surface area contributed by atoms with Gasteiger partial charge in [-0.2, -0.15) is 0 Å². The van der Waals surface area contributed by atoms with E-state index >= 15 is 0 Å². The zero-order valence-electron chi connectivity index (χ0n) is 10.00. The highest BCUT2D eigenvalue weighted by atomic mass is 32.1. The lowest BCUT2D eigenvalue weighted by molar-refractivity contribution is 0.840. The van der Waals surface area contributed by atoms with Crippen LogP contribution in [-0.4, -0.2) is 9.97 Å². The fourth-order valence-electron chi connectivity index (χ4n) is 1.99. The van der Waals surface area contributed by atoms with Gasteiger partial charge in [-0.3, -0.25) is 4.98 Å². The number of hydrogen-bond donors (Lipinski definition) is 1. The topological polar surface area (TPSA) is 51.8 Å². The van der Waals surface area contributed by atoms with E-state index in [9.17, 15) is 0 Å². The highest BCUT2D eigenvalue weighted by molar-refractivity contribution is 7.07. The highest BCUT2D eigenvalue weighted by Gasteiger charge is 2.11. The molecule has 1 atom stereocenters. The molecule has 0 bridgehead atoms. The molecule has 0 spiro atoms. The van der Waals surface area contributed by atoms with Gasteiger partial charge in [-0.05, 0) is 30.7 Å². The Labute approximate surface area is 109 Å². The van der Waals surface area contributed by atoms with E-state index in [-0.39, 0.29) is 6.04 Å². The minimum absolute atomic E-state index is 0.165. The van der Waals surface area contributed by atoms with Crippen LogP contribution in [0, 0.1) is 6.92 Å². The molecule has 2 heterocycles. The Bertz CT molecular complexity index is 677. The molecular formula is C14H13N3S. The van der Waals surface area contributed by atoms with Gasteiger partial charge in [0.15, 0.2) is 0 Å². The maximum atomic E-state index is 6.21. The van der Waals surface area contributed by atoms with Crippen molar-refractivity contribution in [2.75, 3.05) is 0 Å². The van der Waals surface area contributed by atoms with E-state index < -0.39 is 0 Å². The van der Waals surface area contributed by atoms with E-state index in [0.717, 1.165) is 27.9 Å². The van der Waals surface area contributed by atoms with Crippen LogP contribution in [0.25, 0.3) is 10.9 Å². The average molecular weight is 255 g/mol. The largest absolute Gasteiger partial charge is 0.319 e. The molecular weight excluding hydrogens is 242 g/mol. The number of pyridine rings is 1. The van der Waals surface area contributed by atoms with Gasteiger partial charge in [0.25, 0.3) is 0 Å². The highest BCUT2D eigenvalue weighted by Crippen LogP contribution is 2.23. The molecule has 1 aromatic carbocycles. The number of nitrogens with zero attached hydrogens (tertiary/aromatic N) is 2. The first kappa shape index (κ1) is 11.3. The Morgan fingerprint density at radius 1 is 1.22 bits per heavy atom. The van der Waals surface area contributed by atoms with E-state index in [0.29, 0.717) is 0 Å². The quantitative estimate of drug-likeness (QED) is 0.765. The summed E-state index contributed by atoms with van der Waals surface area (Å²) >= 11 is 1.56. The van der Waals surface area contributed by atoms with Crippen molar-refractivity contribution >= 4 is 22.2 Å². The summed E-state index contributed by atoms with van der Waals surface area (Å²) in [5.74, 6) is 0. The van der Waals surface area contributed by atoms with Gasteiger partial charge in [0, 0.05) is 16.5 Å². The Morgan fingerprint density at radius 3 is 2.89 bits per heavy atom. The first-order valence-electron chi connectivity index (χ1n) is 5.75. The van der Waals surface area contributed by atoms with Gasteiger partial charge >= 0.3 is 0 Å². The molecule has 0 amide bonds. The second kappa shape index (κ2) is 4.48. The Morgan fingerprint density at radius 2 is 2.11 bits per heavy atom. The van der Waals surface area contributed by atoms with E-state index in [4.69, 9.17) is 5.73 Å². The number of fused-ring (bicyclic) bond motifs is 1. The van der Waals surface area contributed by atoms with Crippen molar-refractivity contribution < 1.29 is 0 Å². The van der Waals surface area contributed by atoms with Crippen LogP contribution in [0.1, 0.15) is 23.0 Å². The van der Waals surface area contributed by atoms with Gasteiger partial charge in [-0.25, -0.2) is 4.98 Å². The molecule has 1 unspecified atom stereocenters. The van der Waals surface area contributed by atoms with Crippen LogP contribution < -0.4 is 5.73 Å². The third-order valence-corrected chi connectivity index (χ3v) is 3.59. The summed E-state index contributed by atoms with van der Waals surface area (Å²) in [7, 11) is 0. The lowest BCUT2D eigenvalue weighted by Crippen LogP contribution is -2.12. The zero-order valence-corrected chi connectivity index (χ0v) is 10.8. The first-order chi connectivity index (χ1) is 8.74. The summed E-state index contributed by atoms with van der Waals surface area (Å²) < 4.78 is 0. The number of benzene rings is 1. The number of aromatic nitrogens is 2. The number of hydrogen-bond acceptors (Lipinski definition) is 4. The van der Waals surface area contributed by atoms with Gasteiger partial charge < -0.3 is 5.73 Å². The van der Waals surface area contributed by atoms with Crippen LogP contribution in [0.3, 0.4) is 0 Å². The maximum Gasteiger partial charge on any atom is 0.0795 e. The van der Waals surface area contributed by atoms with Crippen LogP contribution in [0.2, 0.25) is 0 Å². The van der Waals surface area contributed by atoms with Crippen molar-refractivity contribution in [3.63, 3.8) is 0 Å². The Kier molecular flexibility index (Phi) is 2.81. The molecule has 0 fully saturated rings. The number of nitrogens with two attached hydrogens (primary N) is 1. The fraction of sp³-hybridized carbons (Fsp3) is 0.143. The van der Waals surface area contributed by atoms with Crippen molar-refractivity contribution in [3.8, 4) is 0 Å². The molecule has 0 aliphatic heterocycles. The van der Waals surface area contributed by atoms with Crippen LogP contribution >= 0.6 is 11.3 Å². The Balaban J connectivity index is 2.06. The summed E-state index contributed by atoms with van der Waals surface area (Å²) in [4.78, 5) is 8.75. The predicted octanol–water partition coefficient (Wildman–Crippen LogP) is 3.05. The molecule has 90 valence electrons. The van der Waals surface area contributed by atoms with Crippen molar-refractivity contribution in [2.24, 2.45) is 5.73 Å². The summed E-state index contributed by atoms with van der Waals surface area (Å²) in [6, 6.07) is 10.1. The summed E-state index contributed by atoms with van der Waals surface area (Å²) in [6.07, 6.45) is 0. The third kappa shape index (κ3) is 2.00. The molecule has 0 radical (unpaired) electrons. The van der Waals surface area contributed by atoms with Crippen LogP contribution in [-0.2, 0) is 0 Å². The second-order valence-electron chi connectivity index (χ2n) is 4.30. The van der Waals surface area contributed by atoms with Crippen molar-refractivity contribution in [1.82, 2.24) is 9.97 Å². The molecule has 3 rings (SSSR count). The van der Waals surface area contributed by atoms with Crippen molar-refractivity contribution in [1.29, 1.82) is 0 Å². The summed E-state index contributed by atoms with van der Waals surface area (Å²) in [5, 5.41) is 3.10. The van der Waals surface area contributed by atoms with E-state index in [1.54, 1.807) is 16.8 Å². The lowest BCUT2D eigenvalue weighted by Gasteiger charge is -2.10. The van der Waals surface area contributed by atoms with Gasteiger partial charge in [-0.15, -0.1) is 11.3 Å². The fourth-order valence-corrected chi connectivity index (χ4v) is 2.58. The average Bonchev–Trinajstić information content (AvgIpc) is 2.91. The maximum absolute atomic E-state index is 6.21. The monoisotopic (exact) mass is 255 g/mol. The predicted molar refractivity (Wildman–Crippen MR) is 74.6 cm³/mol. The first-order valence-corrected chi connectivity index (χ1v) is 6.69. The second-order valence-corrected chi connectivity index (χ2v) is 5.01. The normalized spacial score (nSPS) is 12.8. The van der Waals surface area contributed by atoms with Gasteiger partial charge in [-0.1, -0.05) is 12.1 Å². The molecule has 3 aromatic rings. The van der Waals surface area contributed by atoms with Crippen LogP contribution in [0.4, 0.5) is 0 Å². The van der Waals surface area contributed by atoms with Crippen LogP contribution in [0.5, 0.6) is 0 Å². The number of aryl methyl sites for hydroxylation is 1. The molecule has 0 saturated carbocycles.